The molecular formula is C10H11F3N2O. The first-order valence-electron chi connectivity index (χ1n) is 4.50. The maximum Gasteiger partial charge on any atom is 0.397 e. The molecule has 0 saturated carbocycles. The van der Waals surface area contributed by atoms with Crippen molar-refractivity contribution in [1.29, 1.82) is 0 Å². The number of hydrogen-bond acceptors (Lipinski definition) is 2. The molecule has 0 fully saturated rings. The third-order valence-corrected chi connectivity index (χ3v) is 1.90. The highest BCUT2D eigenvalue weighted by Crippen LogP contribution is 2.22. The highest BCUT2D eigenvalue weighted by molar-refractivity contribution is 5.92. The third kappa shape index (κ3) is 3.80. The Balaban J connectivity index is 2.73. The van der Waals surface area contributed by atoms with Crippen LogP contribution in [0, 0.1) is 6.92 Å². The molecule has 0 atom stereocenters. The van der Waals surface area contributed by atoms with Crippen LogP contribution in [0.1, 0.15) is 12.0 Å². The normalized spacial score (nSPS) is 11.2. The molecule has 0 saturated heterocycles. The van der Waals surface area contributed by atoms with Crippen LogP contribution in [0.3, 0.4) is 0 Å². The minimum absolute atomic E-state index is 0.300. The van der Waals surface area contributed by atoms with E-state index in [4.69, 9.17) is 5.73 Å². The molecular weight excluding hydrogens is 221 g/mol. The van der Waals surface area contributed by atoms with E-state index in [1.54, 1.807) is 19.1 Å². The van der Waals surface area contributed by atoms with E-state index in [0.29, 0.717) is 16.9 Å². The summed E-state index contributed by atoms with van der Waals surface area (Å²) in [7, 11) is 0. The monoisotopic (exact) mass is 232 g/mol. The molecule has 0 heterocycles. The van der Waals surface area contributed by atoms with Crippen molar-refractivity contribution in [1.82, 2.24) is 0 Å². The average molecular weight is 232 g/mol. The highest BCUT2D eigenvalue weighted by atomic mass is 19.4. The molecule has 1 aromatic carbocycles. The first kappa shape index (κ1) is 12.4. The minimum atomic E-state index is -4.50. The molecule has 0 spiro atoms. The number of nitrogens with two attached hydrogens (primary N) is 1. The van der Waals surface area contributed by atoms with Gasteiger partial charge in [0.25, 0.3) is 0 Å². The molecule has 0 aliphatic carbocycles. The van der Waals surface area contributed by atoms with Crippen LogP contribution >= 0.6 is 0 Å². The summed E-state index contributed by atoms with van der Waals surface area (Å²) in [5.74, 6) is -1.10. The number of alkyl halides is 3. The highest BCUT2D eigenvalue weighted by Gasteiger charge is 2.31. The quantitative estimate of drug-likeness (QED) is 0.769. The SMILES string of the molecule is Cc1ccc(N)cc1NC(=O)CC(F)(F)F. The van der Waals surface area contributed by atoms with Gasteiger partial charge in [-0.25, -0.2) is 0 Å². The lowest BCUT2D eigenvalue weighted by atomic mass is 10.2. The van der Waals surface area contributed by atoms with Crippen molar-refractivity contribution in [2.45, 2.75) is 19.5 Å². The molecule has 0 aromatic heterocycles. The lowest BCUT2D eigenvalue weighted by molar-refractivity contribution is -0.150. The van der Waals surface area contributed by atoms with E-state index in [1.165, 1.54) is 6.07 Å². The van der Waals surface area contributed by atoms with Gasteiger partial charge in [0.1, 0.15) is 6.42 Å². The van der Waals surface area contributed by atoms with Crippen LogP contribution in [0.5, 0.6) is 0 Å². The second-order valence-corrected chi connectivity index (χ2v) is 3.41. The second-order valence-electron chi connectivity index (χ2n) is 3.41. The van der Waals surface area contributed by atoms with E-state index in [9.17, 15) is 18.0 Å². The first-order valence-corrected chi connectivity index (χ1v) is 4.50. The number of aryl methyl sites for hydroxylation is 1. The van der Waals surface area contributed by atoms with Crippen molar-refractivity contribution in [2.24, 2.45) is 0 Å². The van der Waals surface area contributed by atoms with Gasteiger partial charge in [0.2, 0.25) is 5.91 Å². The number of amides is 1. The van der Waals surface area contributed by atoms with Gasteiger partial charge in [-0.1, -0.05) is 6.07 Å². The Hall–Kier alpha value is -1.72. The van der Waals surface area contributed by atoms with E-state index in [0.717, 1.165) is 0 Å². The smallest absolute Gasteiger partial charge is 0.397 e. The van der Waals surface area contributed by atoms with Gasteiger partial charge < -0.3 is 11.1 Å². The standard InChI is InChI=1S/C10H11F3N2O/c1-6-2-3-7(14)4-8(6)15-9(16)5-10(11,12)13/h2-4H,5,14H2,1H3,(H,15,16). The molecule has 88 valence electrons. The number of nitrogen functional groups attached to an aromatic ring is 1. The summed E-state index contributed by atoms with van der Waals surface area (Å²) in [6.45, 7) is 1.67. The van der Waals surface area contributed by atoms with E-state index < -0.39 is 18.5 Å². The summed E-state index contributed by atoms with van der Waals surface area (Å²) in [4.78, 5) is 11.0. The molecule has 3 nitrogen and oxygen atoms in total. The zero-order valence-electron chi connectivity index (χ0n) is 8.56. The molecule has 1 amide bonds. The first-order chi connectivity index (χ1) is 7.28. The fourth-order valence-corrected chi connectivity index (χ4v) is 1.15. The summed E-state index contributed by atoms with van der Waals surface area (Å²) in [5, 5.41) is 2.17. The van der Waals surface area contributed by atoms with Crippen LogP contribution in [0.25, 0.3) is 0 Å². The van der Waals surface area contributed by atoms with Gasteiger partial charge >= 0.3 is 6.18 Å². The Morgan fingerprint density at radius 3 is 2.62 bits per heavy atom. The van der Waals surface area contributed by atoms with Crippen LogP contribution in [-0.4, -0.2) is 12.1 Å². The van der Waals surface area contributed by atoms with Gasteiger partial charge in [0.05, 0.1) is 0 Å². The molecule has 0 unspecified atom stereocenters. The molecule has 0 aliphatic rings. The lowest BCUT2D eigenvalue weighted by Gasteiger charge is -2.10. The molecule has 6 heteroatoms. The predicted octanol–water partition coefficient (Wildman–Crippen LogP) is 2.47. The van der Waals surface area contributed by atoms with Gasteiger partial charge in [0, 0.05) is 11.4 Å². The largest absolute Gasteiger partial charge is 0.399 e. The van der Waals surface area contributed by atoms with E-state index >= 15 is 0 Å². The fourth-order valence-electron chi connectivity index (χ4n) is 1.15. The molecule has 0 aliphatic heterocycles. The van der Waals surface area contributed by atoms with Crippen LogP contribution in [0.2, 0.25) is 0 Å². The Labute approximate surface area is 90.4 Å². The van der Waals surface area contributed by atoms with Crippen LogP contribution in [-0.2, 0) is 4.79 Å². The topological polar surface area (TPSA) is 55.1 Å². The van der Waals surface area contributed by atoms with Gasteiger partial charge in [-0.2, -0.15) is 13.2 Å². The zero-order chi connectivity index (χ0) is 12.3. The number of rotatable bonds is 2. The Morgan fingerprint density at radius 2 is 2.06 bits per heavy atom. The molecule has 1 rings (SSSR count). The summed E-state index contributed by atoms with van der Waals surface area (Å²) in [6.07, 6.45) is -6.00. The van der Waals surface area contributed by atoms with E-state index in [1.807, 2.05) is 0 Å². The van der Waals surface area contributed by atoms with Gasteiger partial charge in [-0.15, -0.1) is 0 Å². The second kappa shape index (κ2) is 4.42. The summed E-state index contributed by atoms with van der Waals surface area (Å²) >= 11 is 0. The number of anilines is 2. The number of nitrogens with one attached hydrogen (secondary N) is 1. The number of carbonyl (C=O) groups is 1. The average Bonchev–Trinajstić information content (AvgIpc) is 2.08. The van der Waals surface area contributed by atoms with Crippen molar-refractivity contribution in [2.75, 3.05) is 11.1 Å². The van der Waals surface area contributed by atoms with Crippen molar-refractivity contribution in [3.63, 3.8) is 0 Å². The molecule has 0 radical (unpaired) electrons. The number of carbonyl (C=O) groups excluding carboxylic acids is 1. The van der Waals surface area contributed by atoms with Gasteiger partial charge in [0.15, 0.2) is 0 Å². The van der Waals surface area contributed by atoms with Crippen LogP contribution < -0.4 is 11.1 Å². The van der Waals surface area contributed by atoms with Crippen molar-refractivity contribution in [3.8, 4) is 0 Å². The summed E-state index contributed by atoms with van der Waals surface area (Å²) in [6, 6.07) is 4.65. The summed E-state index contributed by atoms with van der Waals surface area (Å²) < 4.78 is 35.7. The minimum Gasteiger partial charge on any atom is -0.399 e. The van der Waals surface area contributed by atoms with E-state index in [2.05, 4.69) is 5.32 Å². The molecule has 0 bridgehead atoms. The van der Waals surface area contributed by atoms with Crippen molar-refractivity contribution in [3.05, 3.63) is 23.8 Å². The predicted molar refractivity (Wildman–Crippen MR) is 54.9 cm³/mol. The van der Waals surface area contributed by atoms with Crippen LogP contribution in [0.15, 0.2) is 18.2 Å². The third-order valence-electron chi connectivity index (χ3n) is 1.90. The molecule has 3 N–H and O–H groups in total. The van der Waals surface area contributed by atoms with Gasteiger partial charge in [-0.05, 0) is 24.6 Å². The molecule has 1 aromatic rings. The Bertz CT molecular complexity index is 402. The van der Waals surface area contributed by atoms with Crippen molar-refractivity contribution >= 4 is 17.3 Å². The fraction of sp³-hybridized carbons (Fsp3) is 0.300. The summed E-state index contributed by atoms with van der Waals surface area (Å²) in [5.41, 5.74) is 6.80. The number of benzene rings is 1. The van der Waals surface area contributed by atoms with Crippen LogP contribution in [0.4, 0.5) is 24.5 Å². The Morgan fingerprint density at radius 1 is 1.44 bits per heavy atom. The number of halogens is 3. The number of hydrogen-bond donors (Lipinski definition) is 2. The maximum atomic E-state index is 11.9. The van der Waals surface area contributed by atoms with E-state index in [-0.39, 0.29) is 0 Å². The van der Waals surface area contributed by atoms with Crippen molar-refractivity contribution < 1.29 is 18.0 Å². The molecule has 16 heavy (non-hydrogen) atoms. The Kier molecular flexibility index (Phi) is 3.41. The zero-order valence-corrected chi connectivity index (χ0v) is 8.56. The lowest BCUT2D eigenvalue weighted by Crippen LogP contribution is -2.21. The van der Waals surface area contributed by atoms with Gasteiger partial charge in [-0.3, -0.25) is 4.79 Å². The maximum absolute atomic E-state index is 11.9.